The molecule has 28 heavy (non-hydrogen) atoms. The lowest BCUT2D eigenvalue weighted by atomic mass is 10.2. The van der Waals surface area contributed by atoms with E-state index in [1.807, 2.05) is 6.07 Å². The molecule has 1 unspecified atom stereocenters. The number of nitro benzene ring substituents is 1. The Morgan fingerprint density at radius 2 is 2.04 bits per heavy atom. The zero-order valence-electron chi connectivity index (χ0n) is 15.4. The second-order valence-corrected chi connectivity index (χ2v) is 9.02. The van der Waals surface area contributed by atoms with E-state index in [2.05, 4.69) is 10.2 Å². The smallest absolute Gasteiger partial charge is 0.270 e. The highest BCUT2D eigenvalue weighted by atomic mass is 35.5. The van der Waals surface area contributed by atoms with Gasteiger partial charge in [0.25, 0.3) is 5.69 Å². The highest BCUT2D eigenvalue weighted by Crippen LogP contribution is 2.34. The summed E-state index contributed by atoms with van der Waals surface area (Å²) in [6.07, 6.45) is 1.80. The van der Waals surface area contributed by atoms with Crippen LogP contribution in [0.3, 0.4) is 0 Å². The van der Waals surface area contributed by atoms with Crippen LogP contribution in [0.5, 0.6) is 5.75 Å². The van der Waals surface area contributed by atoms with Gasteiger partial charge in [0.1, 0.15) is 5.75 Å². The number of ether oxygens (including phenoxy) is 1. The van der Waals surface area contributed by atoms with Gasteiger partial charge in [-0.15, -0.1) is 0 Å². The van der Waals surface area contributed by atoms with Crippen molar-refractivity contribution in [2.45, 2.75) is 17.4 Å². The summed E-state index contributed by atoms with van der Waals surface area (Å²) in [7, 11) is -2.04. The van der Waals surface area contributed by atoms with Crippen molar-refractivity contribution in [1.29, 1.82) is 0 Å². The van der Waals surface area contributed by atoms with Gasteiger partial charge in [0.15, 0.2) is 9.84 Å². The van der Waals surface area contributed by atoms with Crippen LogP contribution in [0.25, 0.3) is 0 Å². The summed E-state index contributed by atoms with van der Waals surface area (Å²) in [5.41, 5.74) is 0.965. The second kappa shape index (κ2) is 7.84. The fourth-order valence-electron chi connectivity index (χ4n) is 3.28. The number of sulfone groups is 1. The predicted molar refractivity (Wildman–Crippen MR) is 108 cm³/mol. The minimum absolute atomic E-state index is 0.0364. The Balaban J connectivity index is 1.83. The van der Waals surface area contributed by atoms with Gasteiger partial charge in [-0.2, -0.15) is 0 Å². The Kier molecular flexibility index (Phi) is 5.66. The first-order valence-corrected chi connectivity index (χ1v) is 10.8. The second-order valence-electron chi connectivity index (χ2n) is 6.60. The van der Waals surface area contributed by atoms with Gasteiger partial charge in [0.05, 0.1) is 28.3 Å². The van der Waals surface area contributed by atoms with Gasteiger partial charge in [0.2, 0.25) is 0 Å². The number of benzene rings is 2. The number of halogens is 1. The Morgan fingerprint density at radius 3 is 2.68 bits per heavy atom. The molecule has 1 fully saturated rings. The van der Waals surface area contributed by atoms with Crippen molar-refractivity contribution in [2.75, 3.05) is 36.7 Å². The molecule has 0 bridgehead atoms. The summed E-state index contributed by atoms with van der Waals surface area (Å²) in [4.78, 5) is 12.4. The summed E-state index contributed by atoms with van der Waals surface area (Å²) in [6, 6.07) is 9.18. The van der Waals surface area contributed by atoms with E-state index in [0.29, 0.717) is 23.0 Å². The van der Waals surface area contributed by atoms with Crippen LogP contribution in [-0.4, -0.2) is 45.8 Å². The van der Waals surface area contributed by atoms with Crippen LogP contribution in [-0.2, 0) is 9.84 Å². The fraction of sp³-hybridized carbons (Fsp3) is 0.333. The molecule has 0 spiro atoms. The van der Waals surface area contributed by atoms with E-state index in [-0.39, 0.29) is 16.6 Å². The van der Waals surface area contributed by atoms with Crippen molar-refractivity contribution in [3.8, 4) is 5.75 Å². The topological polar surface area (TPSA) is 102 Å². The number of non-ortho nitro benzene ring substituents is 1. The molecule has 0 aromatic heterocycles. The predicted octanol–water partition coefficient (Wildman–Crippen LogP) is 3.35. The number of anilines is 2. The summed E-state index contributed by atoms with van der Waals surface area (Å²) in [6.45, 7) is 1.34. The maximum atomic E-state index is 12.1. The Labute approximate surface area is 168 Å². The van der Waals surface area contributed by atoms with E-state index in [1.165, 1.54) is 12.1 Å². The fourth-order valence-corrected chi connectivity index (χ4v) is 4.31. The van der Waals surface area contributed by atoms with Gasteiger partial charge in [-0.25, -0.2) is 8.42 Å². The van der Waals surface area contributed by atoms with Crippen molar-refractivity contribution in [1.82, 2.24) is 0 Å². The van der Waals surface area contributed by atoms with Crippen LogP contribution in [0.1, 0.15) is 6.42 Å². The molecule has 3 rings (SSSR count). The first-order chi connectivity index (χ1) is 13.2. The molecule has 0 amide bonds. The van der Waals surface area contributed by atoms with E-state index in [9.17, 15) is 18.5 Å². The van der Waals surface area contributed by atoms with E-state index in [4.69, 9.17) is 16.3 Å². The van der Waals surface area contributed by atoms with Crippen LogP contribution in [0.4, 0.5) is 17.1 Å². The lowest BCUT2D eigenvalue weighted by Gasteiger charge is -2.22. The molecule has 0 saturated carbocycles. The third-order valence-corrected chi connectivity index (χ3v) is 5.98. The number of nitro groups is 1. The first-order valence-electron chi connectivity index (χ1n) is 8.52. The van der Waals surface area contributed by atoms with Crippen LogP contribution in [0.2, 0.25) is 5.02 Å². The molecule has 2 aromatic rings. The Morgan fingerprint density at radius 1 is 1.29 bits per heavy atom. The van der Waals surface area contributed by atoms with Gasteiger partial charge in [-0.1, -0.05) is 11.6 Å². The molecule has 1 aliphatic heterocycles. The largest absolute Gasteiger partial charge is 0.495 e. The van der Waals surface area contributed by atoms with E-state index in [0.717, 1.165) is 31.0 Å². The van der Waals surface area contributed by atoms with E-state index in [1.54, 1.807) is 19.2 Å². The molecule has 1 atom stereocenters. The number of nitrogens with one attached hydrogen (secondary N) is 1. The van der Waals surface area contributed by atoms with Gasteiger partial charge in [0, 0.05) is 42.5 Å². The van der Waals surface area contributed by atoms with Crippen LogP contribution >= 0.6 is 11.6 Å². The van der Waals surface area contributed by atoms with Crippen molar-refractivity contribution in [3.63, 3.8) is 0 Å². The van der Waals surface area contributed by atoms with Crippen molar-refractivity contribution >= 4 is 38.5 Å². The maximum absolute atomic E-state index is 12.1. The van der Waals surface area contributed by atoms with E-state index >= 15 is 0 Å². The third-order valence-electron chi connectivity index (χ3n) is 4.60. The molecule has 8 nitrogen and oxygen atoms in total. The molecular formula is C18H20ClN3O5S. The normalized spacial score (nSPS) is 16.8. The quantitative estimate of drug-likeness (QED) is 0.559. The zero-order valence-corrected chi connectivity index (χ0v) is 17.0. The van der Waals surface area contributed by atoms with Gasteiger partial charge in [-0.3, -0.25) is 10.1 Å². The van der Waals surface area contributed by atoms with Crippen LogP contribution < -0.4 is 15.0 Å². The van der Waals surface area contributed by atoms with Crippen molar-refractivity contribution in [2.24, 2.45) is 0 Å². The SMILES string of the molecule is COc1ccc(Cl)cc1N1CCC(Nc2ccc([N+](=O)[O-])cc2S(C)(=O)=O)C1. The molecule has 1 heterocycles. The minimum Gasteiger partial charge on any atom is -0.495 e. The van der Waals surface area contributed by atoms with Crippen LogP contribution in [0.15, 0.2) is 41.3 Å². The molecule has 0 aliphatic carbocycles. The highest BCUT2D eigenvalue weighted by molar-refractivity contribution is 7.90. The number of hydrogen-bond donors (Lipinski definition) is 1. The van der Waals surface area contributed by atoms with Crippen molar-refractivity contribution < 1.29 is 18.1 Å². The summed E-state index contributed by atoms with van der Waals surface area (Å²) in [5.74, 6) is 0.706. The number of methoxy groups -OCH3 is 1. The van der Waals surface area contributed by atoms with Gasteiger partial charge in [-0.05, 0) is 30.7 Å². The van der Waals surface area contributed by atoms with Gasteiger partial charge >= 0.3 is 0 Å². The molecular weight excluding hydrogens is 406 g/mol. The number of nitrogens with zero attached hydrogens (tertiary/aromatic N) is 2. The summed E-state index contributed by atoms with van der Waals surface area (Å²) in [5, 5.41) is 14.8. The average Bonchev–Trinajstić information content (AvgIpc) is 3.09. The first kappa shape index (κ1) is 20.2. The summed E-state index contributed by atoms with van der Waals surface area (Å²) >= 11 is 6.11. The molecule has 0 radical (unpaired) electrons. The Bertz CT molecular complexity index is 1010. The molecule has 1 aliphatic rings. The monoisotopic (exact) mass is 425 g/mol. The number of hydrogen-bond acceptors (Lipinski definition) is 7. The van der Waals surface area contributed by atoms with Crippen molar-refractivity contribution in [3.05, 3.63) is 51.5 Å². The zero-order chi connectivity index (χ0) is 20.5. The highest BCUT2D eigenvalue weighted by Gasteiger charge is 2.27. The summed E-state index contributed by atoms with van der Waals surface area (Å²) < 4.78 is 29.6. The molecule has 2 aromatic carbocycles. The molecule has 150 valence electrons. The standard InChI is InChI=1S/C18H20ClN3O5S/c1-27-17-6-3-12(19)9-16(17)21-8-7-13(11-21)20-15-5-4-14(22(23)24)10-18(15)28(2,25)26/h3-6,9-10,13,20H,7-8,11H2,1-2H3. The Hall–Kier alpha value is -2.52. The van der Waals surface area contributed by atoms with Crippen LogP contribution in [0, 0.1) is 10.1 Å². The number of rotatable bonds is 6. The lowest BCUT2D eigenvalue weighted by Crippen LogP contribution is -2.27. The molecule has 1 saturated heterocycles. The minimum atomic E-state index is -3.63. The van der Waals surface area contributed by atoms with Gasteiger partial charge < -0.3 is 15.0 Å². The average molecular weight is 426 g/mol. The maximum Gasteiger partial charge on any atom is 0.270 e. The molecule has 1 N–H and O–H groups in total. The molecule has 10 heteroatoms. The van der Waals surface area contributed by atoms with E-state index < -0.39 is 14.8 Å². The lowest BCUT2D eigenvalue weighted by molar-refractivity contribution is -0.385. The third kappa shape index (κ3) is 4.31.